The van der Waals surface area contributed by atoms with Gasteiger partial charge in [0, 0.05) is 6.08 Å². The van der Waals surface area contributed by atoms with E-state index in [0.29, 0.717) is 0 Å². The smallest absolute Gasteiger partial charge is 0.328 e. The predicted octanol–water partition coefficient (Wildman–Crippen LogP) is 2.05. The number of aliphatic carboxylic acids is 1. The lowest BCUT2D eigenvalue weighted by molar-refractivity contribution is -0.131. The molecule has 0 aliphatic rings. The lowest BCUT2D eigenvalue weighted by Crippen LogP contribution is -1.84. The highest BCUT2D eigenvalue weighted by Gasteiger charge is 1.86. The van der Waals surface area contributed by atoms with E-state index in [1.54, 1.807) is 36.4 Å². The van der Waals surface area contributed by atoms with E-state index in [2.05, 4.69) is 0 Å². The fraction of sp³-hybridized carbons (Fsp3) is 0. The molecule has 2 N–H and O–H groups in total. The van der Waals surface area contributed by atoms with Gasteiger partial charge in [-0.2, -0.15) is 0 Å². The normalized spacial score (nSPS) is 11.1. The highest BCUT2D eigenvalue weighted by atomic mass is 16.4. The van der Waals surface area contributed by atoms with Gasteiger partial charge < -0.3 is 10.2 Å². The van der Waals surface area contributed by atoms with Crippen LogP contribution in [0.4, 0.5) is 0 Å². The number of hydrogen-bond acceptors (Lipinski definition) is 2. The number of benzene rings is 1. The van der Waals surface area contributed by atoms with Gasteiger partial charge in [-0.25, -0.2) is 4.79 Å². The van der Waals surface area contributed by atoms with Gasteiger partial charge in [0.2, 0.25) is 0 Å². The Hall–Kier alpha value is -2.03. The van der Waals surface area contributed by atoms with Crippen molar-refractivity contribution in [2.24, 2.45) is 0 Å². The molecule has 1 aromatic carbocycles. The summed E-state index contributed by atoms with van der Waals surface area (Å²) < 4.78 is 0. The molecule has 0 atom stereocenters. The Morgan fingerprint density at radius 1 is 1.14 bits per heavy atom. The largest absolute Gasteiger partial charge is 0.508 e. The van der Waals surface area contributed by atoms with Gasteiger partial charge in [0.05, 0.1) is 0 Å². The molecule has 0 aliphatic carbocycles. The Morgan fingerprint density at radius 3 is 2.36 bits per heavy atom. The van der Waals surface area contributed by atoms with Crippen LogP contribution in [0.5, 0.6) is 5.75 Å². The topological polar surface area (TPSA) is 57.5 Å². The quantitative estimate of drug-likeness (QED) is 0.566. The van der Waals surface area contributed by atoms with E-state index in [1.165, 1.54) is 6.08 Å². The van der Waals surface area contributed by atoms with Crippen molar-refractivity contribution in [2.45, 2.75) is 0 Å². The standard InChI is InChI=1S/C11H10O3/c12-10-7-5-9(6-8-10)3-1-2-4-11(13)14/h1-8,12H,(H,13,14). The van der Waals surface area contributed by atoms with E-state index >= 15 is 0 Å². The SMILES string of the molecule is O=C(O)C=CC=Cc1ccc(O)cc1. The van der Waals surface area contributed by atoms with E-state index in [1.807, 2.05) is 0 Å². The molecular formula is C11H10O3. The molecule has 0 unspecified atom stereocenters. The summed E-state index contributed by atoms with van der Waals surface area (Å²) >= 11 is 0. The van der Waals surface area contributed by atoms with Gasteiger partial charge in [0.25, 0.3) is 0 Å². The lowest BCUT2D eigenvalue weighted by Gasteiger charge is -1.92. The molecule has 72 valence electrons. The predicted molar refractivity (Wildman–Crippen MR) is 53.9 cm³/mol. The zero-order valence-corrected chi connectivity index (χ0v) is 7.42. The molecule has 3 nitrogen and oxygen atoms in total. The molecule has 0 amide bonds. The summed E-state index contributed by atoms with van der Waals surface area (Å²) in [7, 11) is 0. The van der Waals surface area contributed by atoms with Crippen molar-refractivity contribution in [1.29, 1.82) is 0 Å². The minimum absolute atomic E-state index is 0.211. The van der Waals surface area contributed by atoms with Gasteiger partial charge >= 0.3 is 5.97 Å². The first-order valence-electron chi connectivity index (χ1n) is 4.05. The first kappa shape index (κ1) is 10.1. The number of rotatable bonds is 3. The van der Waals surface area contributed by atoms with E-state index in [-0.39, 0.29) is 5.75 Å². The molecule has 0 radical (unpaired) electrons. The maximum absolute atomic E-state index is 10.1. The second kappa shape index (κ2) is 4.87. The fourth-order valence-electron chi connectivity index (χ4n) is 0.890. The Bertz CT molecular complexity index is 361. The Balaban J connectivity index is 2.60. The third-order valence-electron chi connectivity index (χ3n) is 1.53. The lowest BCUT2D eigenvalue weighted by atomic mass is 10.2. The maximum atomic E-state index is 10.1. The number of carboxylic acid groups (broad SMARTS) is 1. The molecule has 0 aromatic heterocycles. The molecule has 0 saturated carbocycles. The molecule has 14 heavy (non-hydrogen) atoms. The average Bonchev–Trinajstić information content (AvgIpc) is 2.15. The first-order chi connectivity index (χ1) is 6.68. The minimum atomic E-state index is -0.972. The summed E-state index contributed by atoms with van der Waals surface area (Å²) in [6, 6.07) is 6.61. The van der Waals surface area contributed by atoms with Crippen LogP contribution in [0.3, 0.4) is 0 Å². The second-order valence-corrected chi connectivity index (χ2v) is 2.65. The van der Waals surface area contributed by atoms with E-state index in [4.69, 9.17) is 10.2 Å². The summed E-state index contributed by atoms with van der Waals surface area (Å²) in [4.78, 5) is 10.1. The Morgan fingerprint density at radius 2 is 1.79 bits per heavy atom. The molecule has 0 heterocycles. The third-order valence-corrected chi connectivity index (χ3v) is 1.53. The van der Waals surface area contributed by atoms with Gasteiger partial charge in [-0.05, 0) is 17.7 Å². The summed E-state index contributed by atoms with van der Waals surface area (Å²) in [6.07, 6.45) is 5.87. The van der Waals surface area contributed by atoms with Crippen molar-refractivity contribution in [3.05, 3.63) is 48.1 Å². The number of aromatic hydroxyl groups is 1. The summed E-state index contributed by atoms with van der Waals surface area (Å²) in [5.41, 5.74) is 0.901. The van der Waals surface area contributed by atoms with Crippen molar-refractivity contribution in [1.82, 2.24) is 0 Å². The monoisotopic (exact) mass is 190 g/mol. The van der Waals surface area contributed by atoms with Crippen molar-refractivity contribution in [2.75, 3.05) is 0 Å². The fourth-order valence-corrected chi connectivity index (χ4v) is 0.890. The summed E-state index contributed by atoms with van der Waals surface area (Å²) in [6.45, 7) is 0. The van der Waals surface area contributed by atoms with Crippen LogP contribution >= 0.6 is 0 Å². The van der Waals surface area contributed by atoms with Crippen molar-refractivity contribution < 1.29 is 15.0 Å². The second-order valence-electron chi connectivity index (χ2n) is 2.65. The van der Waals surface area contributed by atoms with Crippen LogP contribution in [0.15, 0.2) is 42.5 Å². The van der Waals surface area contributed by atoms with Gasteiger partial charge in [0.15, 0.2) is 0 Å². The zero-order chi connectivity index (χ0) is 10.4. The van der Waals surface area contributed by atoms with Gasteiger partial charge in [-0.15, -0.1) is 0 Å². The van der Waals surface area contributed by atoms with Gasteiger partial charge in [0.1, 0.15) is 5.75 Å². The van der Waals surface area contributed by atoms with Gasteiger partial charge in [-0.1, -0.05) is 30.4 Å². The number of phenols is 1. The van der Waals surface area contributed by atoms with Crippen molar-refractivity contribution in [3.8, 4) is 5.75 Å². The third kappa shape index (κ3) is 3.58. The number of phenolic OH excluding ortho intramolecular Hbond substituents is 1. The van der Waals surface area contributed by atoms with Crippen LogP contribution in [0.25, 0.3) is 6.08 Å². The van der Waals surface area contributed by atoms with Crippen LogP contribution < -0.4 is 0 Å². The first-order valence-corrected chi connectivity index (χ1v) is 4.05. The van der Waals surface area contributed by atoms with E-state index in [0.717, 1.165) is 11.6 Å². The van der Waals surface area contributed by atoms with Crippen LogP contribution in [0, 0.1) is 0 Å². The molecular weight excluding hydrogens is 180 g/mol. The summed E-state index contributed by atoms with van der Waals surface area (Å²) in [5, 5.41) is 17.3. The molecule has 1 rings (SSSR count). The number of carboxylic acids is 1. The van der Waals surface area contributed by atoms with Crippen molar-refractivity contribution in [3.63, 3.8) is 0 Å². The molecule has 1 aromatic rings. The highest BCUT2D eigenvalue weighted by molar-refractivity contribution is 5.80. The van der Waals surface area contributed by atoms with Crippen LogP contribution in [-0.2, 0) is 4.79 Å². The molecule has 0 fully saturated rings. The van der Waals surface area contributed by atoms with E-state index in [9.17, 15) is 4.79 Å². The maximum Gasteiger partial charge on any atom is 0.328 e. The van der Waals surface area contributed by atoms with Crippen LogP contribution in [0.1, 0.15) is 5.56 Å². The summed E-state index contributed by atoms with van der Waals surface area (Å²) in [5.74, 6) is -0.761. The van der Waals surface area contributed by atoms with Gasteiger partial charge in [-0.3, -0.25) is 0 Å². The highest BCUT2D eigenvalue weighted by Crippen LogP contribution is 2.10. The molecule has 0 saturated heterocycles. The van der Waals surface area contributed by atoms with Crippen LogP contribution in [-0.4, -0.2) is 16.2 Å². The Labute approximate surface area is 81.6 Å². The minimum Gasteiger partial charge on any atom is -0.508 e. The van der Waals surface area contributed by atoms with E-state index < -0.39 is 5.97 Å². The number of hydrogen-bond donors (Lipinski definition) is 2. The number of allylic oxidation sites excluding steroid dienone is 2. The van der Waals surface area contributed by atoms with Crippen LogP contribution in [0.2, 0.25) is 0 Å². The Kier molecular flexibility index (Phi) is 3.49. The number of carbonyl (C=O) groups is 1. The zero-order valence-electron chi connectivity index (χ0n) is 7.42. The molecule has 0 spiro atoms. The van der Waals surface area contributed by atoms with Crippen molar-refractivity contribution >= 4 is 12.0 Å². The molecule has 0 aliphatic heterocycles. The molecule has 0 bridgehead atoms. The molecule has 3 heteroatoms. The average molecular weight is 190 g/mol.